The number of nitrogens with one attached hydrogen (secondary N) is 2. The van der Waals surface area contributed by atoms with E-state index in [0.29, 0.717) is 13.2 Å². The Morgan fingerprint density at radius 1 is 1.32 bits per heavy atom. The Morgan fingerprint density at radius 2 is 2.16 bits per heavy atom. The summed E-state index contributed by atoms with van der Waals surface area (Å²) in [5.74, 6) is 2.61. The lowest BCUT2D eigenvalue weighted by atomic mass is 10.0. The van der Waals surface area contributed by atoms with E-state index < -0.39 is 0 Å². The zero-order valence-electron chi connectivity index (χ0n) is 10.8. The summed E-state index contributed by atoms with van der Waals surface area (Å²) in [4.78, 5) is 7.39. The van der Waals surface area contributed by atoms with Crippen LogP contribution < -0.4 is 14.8 Å². The van der Waals surface area contributed by atoms with E-state index >= 15 is 0 Å². The predicted molar refractivity (Wildman–Crippen MR) is 71.5 cm³/mol. The fourth-order valence-electron chi connectivity index (χ4n) is 2.27. The summed E-state index contributed by atoms with van der Waals surface area (Å²) in [7, 11) is 1.95. The molecule has 1 atom stereocenters. The number of imidazole rings is 1. The number of hydrogen-bond acceptors (Lipinski definition) is 4. The number of H-pyrrole nitrogens is 1. The molecule has 0 aliphatic carbocycles. The second-order valence-corrected chi connectivity index (χ2v) is 4.48. The average molecular weight is 259 g/mol. The molecule has 100 valence electrons. The molecule has 1 aliphatic heterocycles. The molecule has 0 amide bonds. The van der Waals surface area contributed by atoms with E-state index in [1.165, 1.54) is 5.56 Å². The summed E-state index contributed by atoms with van der Waals surface area (Å²) < 4.78 is 11.2. The van der Waals surface area contributed by atoms with Gasteiger partial charge in [0, 0.05) is 24.9 Å². The number of benzene rings is 1. The highest BCUT2D eigenvalue weighted by molar-refractivity contribution is 5.44. The summed E-state index contributed by atoms with van der Waals surface area (Å²) in [5, 5.41) is 3.31. The Kier molecular flexibility index (Phi) is 3.37. The van der Waals surface area contributed by atoms with Crippen molar-refractivity contribution in [2.45, 2.75) is 12.5 Å². The SMILES string of the molecule is CNC(Cc1ncc[nH]1)c1ccc2c(c1)OCCO2. The molecule has 1 aromatic heterocycles. The van der Waals surface area contributed by atoms with Crippen LogP contribution >= 0.6 is 0 Å². The van der Waals surface area contributed by atoms with E-state index in [4.69, 9.17) is 9.47 Å². The van der Waals surface area contributed by atoms with E-state index in [1.807, 2.05) is 25.4 Å². The third kappa shape index (κ3) is 2.56. The Bertz CT molecular complexity index is 540. The second-order valence-electron chi connectivity index (χ2n) is 4.48. The first-order valence-corrected chi connectivity index (χ1v) is 6.42. The van der Waals surface area contributed by atoms with Crippen LogP contribution in [-0.2, 0) is 6.42 Å². The molecule has 1 unspecified atom stereocenters. The maximum Gasteiger partial charge on any atom is 0.161 e. The summed E-state index contributed by atoms with van der Waals surface area (Å²) >= 11 is 0. The molecule has 1 aliphatic rings. The molecule has 1 aromatic carbocycles. The Morgan fingerprint density at radius 3 is 2.89 bits per heavy atom. The van der Waals surface area contributed by atoms with Crippen molar-refractivity contribution in [1.29, 1.82) is 0 Å². The van der Waals surface area contributed by atoms with Gasteiger partial charge in [-0.15, -0.1) is 0 Å². The van der Waals surface area contributed by atoms with Crippen LogP contribution in [0, 0.1) is 0 Å². The number of nitrogens with zero attached hydrogens (tertiary/aromatic N) is 1. The second kappa shape index (κ2) is 5.32. The lowest BCUT2D eigenvalue weighted by Gasteiger charge is -2.21. The molecule has 2 aromatic rings. The molecule has 5 heteroatoms. The largest absolute Gasteiger partial charge is 0.486 e. The molecule has 0 saturated carbocycles. The van der Waals surface area contributed by atoms with E-state index in [-0.39, 0.29) is 6.04 Å². The van der Waals surface area contributed by atoms with Crippen LogP contribution in [0.4, 0.5) is 0 Å². The molecule has 19 heavy (non-hydrogen) atoms. The molecule has 0 spiro atoms. The maximum atomic E-state index is 5.62. The predicted octanol–water partition coefficient (Wildman–Crippen LogP) is 1.68. The minimum Gasteiger partial charge on any atom is -0.486 e. The van der Waals surface area contributed by atoms with Crippen LogP contribution in [0.15, 0.2) is 30.6 Å². The van der Waals surface area contributed by atoms with Gasteiger partial charge in [0.05, 0.1) is 0 Å². The molecule has 0 radical (unpaired) electrons. The van der Waals surface area contributed by atoms with Crippen molar-refractivity contribution in [2.75, 3.05) is 20.3 Å². The van der Waals surface area contributed by atoms with E-state index in [0.717, 1.165) is 23.7 Å². The normalized spacial score (nSPS) is 15.2. The van der Waals surface area contributed by atoms with Crippen molar-refractivity contribution in [3.63, 3.8) is 0 Å². The van der Waals surface area contributed by atoms with Crippen LogP contribution in [0.2, 0.25) is 0 Å². The Balaban J connectivity index is 1.82. The molecule has 0 saturated heterocycles. The van der Waals surface area contributed by atoms with Crippen molar-refractivity contribution < 1.29 is 9.47 Å². The number of likely N-dealkylation sites (N-methyl/N-ethyl adjacent to an activating group) is 1. The number of hydrogen-bond donors (Lipinski definition) is 2. The lowest BCUT2D eigenvalue weighted by molar-refractivity contribution is 0.171. The molecule has 3 rings (SSSR count). The summed E-state index contributed by atoms with van der Waals surface area (Å²) in [5.41, 5.74) is 1.17. The fourth-order valence-corrected chi connectivity index (χ4v) is 2.27. The summed E-state index contributed by atoms with van der Waals surface area (Å²) in [6.07, 6.45) is 4.42. The van der Waals surface area contributed by atoms with Crippen molar-refractivity contribution in [3.05, 3.63) is 42.0 Å². The molecular weight excluding hydrogens is 242 g/mol. The number of ether oxygens (including phenoxy) is 2. The summed E-state index contributed by atoms with van der Waals surface area (Å²) in [6.45, 7) is 1.23. The van der Waals surface area contributed by atoms with Gasteiger partial charge in [-0.25, -0.2) is 4.98 Å². The monoisotopic (exact) mass is 259 g/mol. The molecule has 0 bridgehead atoms. The van der Waals surface area contributed by atoms with Gasteiger partial charge in [0.2, 0.25) is 0 Å². The highest BCUT2D eigenvalue weighted by atomic mass is 16.6. The first-order valence-electron chi connectivity index (χ1n) is 6.42. The average Bonchev–Trinajstić information content (AvgIpc) is 2.97. The van der Waals surface area contributed by atoms with Gasteiger partial charge in [0.15, 0.2) is 11.5 Å². The fraction of sp³-hybridized carbons (Fsp3) is 0.357. The maximum absolute atomic E-state index is 5.62. The number of aromatic nitrogens is 2. The third-order valence-electron chi connectivity index (χ3n) is 3.27. The minimum atomic E-state index is 0.196. The van der Waals surface area contributed by atoms with Gasteiger partial charge < -0.3 is 19.8 Å². The molecular formula is C14H17N3O2. The molecule has 5 nitrogen and oxygen atoms in total. The number of fused-ring (bicyclic) bond motifs is 1. The lowest BCUT2D eigenvalue weighted by Crippen LogP contribution is -2.20. The topological polar surface area (TPSA) is 59.2 Å². The van der Waals surface area contributed by atoms with Crippen LogP contribution in [0.5, 0.6) is 11.5 Å². The highest BCUT2D eigenvalue weighted by Gasteiger charge is 2.16. The van der Waals surface area contributed by atoms with Gasteiger partial charge in [-0.05, 0) is 24.7 Å². The molecule has 2 heterocycles. The molecule has 0 fully saturated rings. The van der Waals surface area contributed by atoms with E-state index in [1.54, 1.807) is 6.20 Å². The van der Waals surface area contributed by atoms with Crippen LogP contribution in [-0.4, -0.2) is 30.2 Å². The van der Waals surface area contributed by atoms with Gasteiger partial charge in [0.1, 0.15) is 19.0 Å². The van der Waals surface area contributed by atoms with Gasteiger partial charge >= 0.3 is 0 Å². The summed E-state index contributed by atoms with van der Waals surface area (Å²) in [6, 6.07) is 6.27. The molecule has 2 N–H and O–H groups in total. The minimum absolute atomic E-state index is 0.196. The number of rotatable bonds is 4. The van der Waals surface area contributed by atoms with Gasteiger partial charge in [-0.2, -0.15) is 0 Å². The zero-order chi connectivity index (χ0) is 13.1. The van der Waals surface area contributed by atoms with Crippen molar-refractivity contribution in [1.82, 2.24) is 15.3 Å². The van der Waals surface area contributed by atoms with Crippen molar-refractivity contribution in [3.8, 4) is 11.5 Å². The van der Waals surface area contributed by atoms with Crippen LogP contribution in [0.25, 0.3) is 0 Å². The first-order chi connectivity index (χ1) is 9.36. The van der Waals surface area contributed by atoms with Crippen molar-refractivity contribution in [2.24, 2.45) is 0 Å². The standard InChI is InChI=1S/C14H17N3O2/c1-15-11(9-14-16-4-5-17-14)10-2-3-12-13(8-10)19-7-6-18-12/h2-5,8,11,15H,6-7,9H2,1H3,(H,16,17). The Hall–Kier alpha value is -2.01. The van der Waals surface area contributed by atoms with E-state index in [9.17, 15) is 0 Å². The van der Waals surface area contributed by atoms with Gasteiger partial charge in [-0.3, -0.25) is 0 Å². The zero-order valence-corrected chi connectivity index (χ0v) is 10.8. The number of aromatic amines is 1. The van der Waals surface area contributed by atoms with Crippen LogP contribution in [0.1, 0.15) is 17.4 Å². The highest BCUT2D eigenvalue weighted by Crippen LogP contribution is 2.33. The first kappa shape index (κ1) is 12.0. The quantitative estimate of drug-likeness (QED) is 0.877. The van der Waals surface area contributed by atoms with Gasteiger partial charge in [0.25, 0.3) is 0 Å². The van der Waals surface area contributed by atoms with Gasteiger partial charge in [-0.1, -0.05) is 6.07 Å². The van der Waals surface area contributed by atoms with Crippen LogP contribution in [0.3, 0.4) is 0 Å². The van der Waals surface area contributed by atoms with E-state index in [2.05, 4.69) is 21.4 Å². The Labute approximate surface area is 112 Å². The third-order valence-corrected chi connectivity index (χ3v) is 3.27. The van der Waals surface area contributed by atoms with Crippen molar-refractivity contribution >= 4 is 0 Å². The smallest absolute Gasteiger partial charge is 0.161 e.